The smallest absolute Gasteiger partial charge is 0.202 e. The average molecular weight is 250 g/mol. The lowest BCUT2D eigenvalue weighted by atomic mass is 10.3. The third-order valence-electron chi connectivity index (χ3n) is 2.25. The maximum absolute atomic E-state index is 5.77. The number of hydrogen-bond donors (Lipinski definition) is 0. The molecule has 17 heavy (non-hydrogen) atoms. The van der Waals surface area contributed by atoms with Gasteiger partial charge in [-0.2, -0.15) is 5.10 Å². The van der Waals surface area contributed by atoms with Crippen LogP contribution in [0.4, 0.5) is 0 Å². The van der Waals surface area contributed by atoms with Gasteiger partial charge < -0.3 is 8.94 Å². The quantitative estimate of drug-likeness (QED) is 0.716. The molecular formula is C11H8ClN3O2. The van der Waals surface area contributed by atoms with Crippen LogP contribution in [0.3, 0.4) is 0 Å². The number of aromatic nitrogens is 3. The van der Waals surface area contributed by atoms with Crippen LogP contribution in [0.5, 0.6) is 0 Å². The van der Waals surface area contributed by atoms with Crippen molar-refractivity contribution in [3.63, 3.8) is 0 Å². The Morgan fingerprint density at radius 1 is 1.35 bits per heavy atom. The lowest BCUT2D eigenvalue weighted by Crippen LogP contribution is -1.99. The van der Waals surface area contributed by atoms with Gasteiger partial charge in [-0.3, -0.25) is 4.68 Å². The molecule has 0 spiro atoms. The van der Waals surface area contributed by atoms with E-state index < -0.39 is 0 Å². The Kier molecular flexibility index (Phi) is 2.45. The van der Waals surface area contributed by atoms with Gasteiger partial charge in [0.15, 0.2) is 5.76 Å². The molecule has 0 fully saturated rings. The first-order valence-electron chi connectivity index (χ1n) is 4.99. The van der Waals surface area contributed by atoms with Crippen molar-refractivity contribution in [2.24, 2.45) is 0 Å². The van der Waals surface area contributed by atoms with Crippen LogP contribution >= 0.6 is 11.6 Å². The lowest BCUT2D eigenvalue weighted by Gasteiger charge is -1.93. The number of halogens is 1. The molecule has 0 radical (unpaired) electrons. The standard InChI is InChI=1S/C11H8ClN3O2/c12-8-5-13-15(6-8)7-9-4-11(17-14-9)10-2-1-3-16-10/h1-6H,7H2. The van der Waals surface area contributed by atoms with E-state index >= 15 is 0 Å². The van der Waals surface area contributed by atoms with E-state index in [0.717, 1.165) is 5.69 Å². The molecule has 3 heterocycles. The molecule has 3 aromatic rings. The minimum atomic E-state index is 0.511. The molecule has 0 bridgehead atoms. The molecule has 3 rings (SSSR count). The summed E-state index contributed by atoms with van der Waals surface area (Å²) in [7, 11) is 0. The molecule has 86 valence electrons. The second-order valence-electron chi connectivity index (χ2n) is 3.52. The molecule has 0 saturated carbocycles. The summed E-state index contributed by atoms with van der Waals surface area (Å²) >= 11 is 5.77. The normalized spacial score (nSPS) is 10.9. The minimum absolute atomic E-state index is 0.511. The van der Waals surface area contributed by atoms with E-state index in [4.69, 9.17) is 20.5 Å². The molecule has 0 N–H and O–H groups in total. The van der Waals surface area contributed by atoms with Crippen molar-refractivity contribution in [2.75, 3.05) is 0 Å². The summed E-state index contributed by atoms with van der Waals surface area (Å²) in [6.45, 7) is 0.511. The zero-order valence-electron chi connectivity index (χ0n) is 8.71. The predicted octanol–water partition coefficient (Wildman–Crippen LogP) is 2.83. The Balaban J connectivity index is 1.81. The summed E-state index contributed by atoms with van der Waals surface area (Å²) < 4.78 is 12.1. The monoisotopic (exact) mass is 249 g/mol. The molecule has 0 atom stereocenters. The Labute approximate surface area is 102 Å². The van der Waals surface area contributed by atoms with Gasteiger partial charge in [0.2, 0.25) is 5.76 Å². The number of furan rings is 1. The van der Waals surface area contributed by atoms with Crippen molar-refractivity contribution >= 4 is 11.6 Å². The molecule has 0 aromatic carbocycles. The average Bonchev–Trinajstić information content (AvgIpc) is 3.00. The second-order valence-corrected chi connectivity index (χ2v) is 3.95. The Hall–Kier alpha value is -2.01. The minimum Gasteiger partial charge on any atom is -0.461 e. The summed E-state index contributed by atoms with van der Waals surface area (Å²) in [6.07, 6.45) is 4.89. The summed E-state index contributed by atoms with van der Waals surface area (Å²) in [5.41, 5.74) is 0.760. The summed E-state index contributed by atoms with van der Waals surface area (Å²) in [6, 6.07) is 5.42. The molecule has 0 amide bonds. The van der Waals surface area contributed by atoms with Crippen LogP contribution in [0.2, 0.25) is 5.02 Å². The molecule has 0 saturated heterocycles. The van der Waals surface area contributed by atoms with Crippen LogP contribution in [0.1, 0.15) is 5.69 Å². The van der Waals surface area contributed by atoms with E-state index in [2.05, 4.69) is 10.3 Å². The second kappa shape index (κ2) is 4.10. The van der Waals surface area contributed by atoms with E-state index in [1.807, 2.05) is 12.1 Å². The van der Waals surface area contributed by atoms with Crippen LogP contribution < -0.4 is 0 Å². The van der Waals surface area contributed by atoms with Crippen molar-refractivity contribution in [2.45, 2.75) is 6.54 Å². The Bertz CT molecular complexity index is 612. The molecule has 0 aliphatic heterocycles. The van der Waals surface area contributed by atoms with Gasteiger partial charge in [0.1, 0.15) is 5.69 Å². The molecule has 5 nitrogen and oxygen atoms in total. The third-order valence-corrected chi connectivity index (χ3v) is 2.44. The Morgan fingerprint density at radius 3 is 3.00 bits per heavy atom. The van der Waals surface area contributed by atoms with E-state index in [0.29, 0.717) is 23.1 Å². The van der Waals surface area contributed by atoms with Crippen molar-refractivity contribution in [1.82, 2.24) is 14.9 Å². The van der Waals surface area contributed by atoms with E-state index in [-0.39, 0.29) is 0 Å². The highest BCUT2D eigenvalue weighted by atomic mass is 35.5. The van der Waals surface area contributed by atoms with Gasteiger partial charge in [0.25, 0.3) is 0 Å². The van der Waals surface area contributed by atoms with Crippen LogP contribution in [0.25, 0.3) is 11.5 Å². The fourth-order valence-corrected chi connectivity index (χ4v) is 1.67. The molecule has 3 aromatic heterocycles. The topological polar surface area (TPSA) is 57.0 Å². The summed E-state index contributed by atoms with van der Waals surface area (Å²) in [5, 5.41) is 8.60. The summed E-state index contributed by atoms with van der Waals surface area (Å²) in [5.74, 6) is 1.26. The SMILES string of the molecule is Clc1cnn(Cc2cc(-c3ccco3)on2)c1. The summed E-state index contributed by atoms with van der Waals surface area (Å²) in [4.78, 5) is 0. The zero-order chi connectivity index (χ0) is 11.7. The maximum Gasteiger partial charge on any atom is 0.202 e. The first-order chi connectivity index (χ1) is 8.31. The fraction of sp³-hybridized carbons (Fsp3) is 0.0909. The fourth-order valence-electron chi connectivity index (χ4n) is 1.51. The highest BCUT2D eigenvalue weighted by Crippen LogP contribution is 2.20. The molecular weight excluding hydrogens is 242 g/mol. The largest absolute Gasteiger partial charge is 0.461 e. The van der Waals surface area contributed by atoms with Gasteiger partial charge in [-0.1, -0.05) is 16.8 Å². The first-order valence-corrected chi connectivity index (χ1v) is 5.36. The van der Waals surface area contributed by atoms with Crippen molar-refractivity contribution in [3.05, 3.63) is 47.6 Å². The van der Waals surface area contributed by atoms with Gasteiger partial charge in [0, 0.05) is 12.3 Å². The predicted molar refractivity (Wildman–Crippen MR) is 60.5 cm³/mol. The first kappa shape index (κ1) is 10.2. The third kappa shape index (κ3) is 2.09. The van der Waals surface area contributed by atoms with Gasteiger partial charge in [-0.05, 0) is 12.1 Å². The van der Waals surface area contributed by atoms with Crippen LogP contribution in [-0.2, 0) is 6.54 Å². The molecule has 0 aliphatic rings. The van der Waals surface area contributed by atoms with Crippen molar-refractivity contribution in [1.29, 1.82) is 0 Å². The van der Waals surface area contributed by atoms with Gasteiger partial charge in [-0.25, -0.2) is 0 Å². The van der Waals surface area contributed by atoms with Gasteiger partial charge >= 0.3 is 0 Å². The molecule has 0 unspecified atom stereocenters. The number of hydrogen-bond acceptors (Lipinski definition) is 4. The van der Waals surface area contributed by atoms with Crippen molar-refractivity contribution < 1.29 is 8.94 Å². The van der Waals surface area contributed by atoms with E-state index in [9.17, 15) is 0 Å². The van der Waals surface area contributed by atoms with Gasteiger partial charge in [-0.15, -0.1) is 0 Å². The van der Waals surface area contributed by atoms with Gasteiger partial charge in [0.05, 0.1) is 24.0 Å². The van der Waals surface area contributed by atoms with Crippen molar-refractivity contribution in [3.8, 4) is 11.5 Å². The van der Waals surface area contributed by atoms with E-state index in [1.54, 1.807) is 29.4 Å². The molecule has 6 heteroatoms. The van der Waals surface area contributed by atoms with Crippen LogP contribution in [0.15, 0.2) is 45.8 Å². The Morgan fingerprint density at radius 2 is 2.29 bits per heavy atom. The molecule has 0 aliphatic carbocycles. The zero-order valence-corrected chi connectivity index (χ0v) is 9.46. The highest BCUT2D eigenvalue weighted by molar-refractivity contribution is 6.30. The lowest BCUT2D eigenvalue weighted by molar-refractivity contribution is 0.407. The van der Waals surface area contributed by atoms with Crippen LogP contribution in [0, 0.1) is 0 Å². The van der Waals surface area contributed by atoms with E-state index in [1.165, 1.54) is 0 Å². The number of rotatable bonds is 3. The number of nitrogens with zero attached hydrogens (tertiary/aromatic N) is 3. The van der Waals surface area contributed by atoms with Crippen LogP contribution in [-0.4, -0.2) is 14.9 Å². The highest BCUT2D eigenvalue weighted by Gasteiger charge is 2.09. The maximum atomic E-state index is 5.77.